The number of rotatable bonds is 14. The first kappa shape index (κ1) is 26.1. The van der Waals surface area contributed by atoms with Gasteiger partial charge in [0.2, 0.25) is 5.43 Å². The molecule has 0 saturated carbocycles. The van der Waals surface area contributed by atoms with Crippen molar-refractivity contribution in [2.75, 3.05) is 12.9 Å². The van der Waals surface area contributed by atoms with Gasteiger partial charge < -0.3 is 18.8 Å². The fourth-order valence-corrected chi connectivity index (χ4v) is 4.81. The van der Waals surface area contributed by atoms with E-state index >= 15 is 0 Å². The number of carboxylic acid groups (broad SMARTS) is 1. The van der Waals surface area contributed by atoms with Crippen molar-refractivity contribution in [2.24, 2.45) is 0 Å². The Morgan fingerprint density at radius 2 is 1.62 bits per heavy atom. The molecule has 0 saturated heterocycles. The van der Waals surface area contributed by atoms with Gasteiger partial charge in [0.15, 0.2) is 10.5 Å². The molecule has 1 unspecified atom stereocenters. The predicted octanol–water partition coefficient (Wildman–Crippen LogP) is 6.68. The first-order chi connectivity index (χ1) is 16.4. The summed E-state index contributed by atoms with van der Waals surface area (Å²) < 4.78 is 24.2. The molecule has 0 amide bonds. The molecule has 0 aliphatic rings. The van der Waals surface area contributed by atoms with Gasteiger partial charge in [-0.25, -0.2) is 4.79 Å². The standard InChI is InChI=1S/C27H34O6S/c1-3-4-5-6-7-8-9-10-11-12-15-32-20-17-22-25(28)21-16-19(27(29)30)13-14-23(21)33-26(22)24(18-20)34(2)31/h13-14,16-18H,3-12,15H2,1-2H3,(H,29,30). The van der Waals surface area contributed by atoms with Crippen molar-refractivity contribution in [3.8, 4) is 5.75 Å². The maximum absolute atomic E-state index is 13.1. The highest BCUT2D eigenvalue weighted by atomic mass is 32.2. The molecule has 0 aliphatic carbocycles. The Hall–Kier alpha value is -2.51. The molecule has 0 bridgehead atoms. The van der Waals surface area contributed by atoms with Crippen molar-refractivity contribution in [3.05, 3.63) is 46.1 Å². The van der Waals surface area contributed by atoms with Crippen LogP contribution in [0.3, 0.4) is 0 Å². The third-order valence-electron chi connectivity index (χ3n) is 6.03. The number of hydrogen-bond donors (Lipinski definition) is 1. The molecule has 3 aromatic rings. The molecule has 0 radical (unpaired) electrons. The molecule has 1 heterocycles. The zero-order chi connectivity index (χ0) is 24.5. The van der Waals surface area contributed by atoms with Crippen LogP contribution in [0.15, 0.2) is 44.4 Å². The molecule has 0 fully saturated rings. The fourth-order valence-electron chi connectivity index (χ4n) is 4.11. The number of carbonyl (C=O) groups is 1. The Morgan fingerprint density at radius 3 is 2.24 bits per heavy atom. The number of carboxylic acids is 1. The smallest absolute Gasteiger partial charge is 0.335 e. The SMILES string of the molecule is CCCCCCCCCCCCOc1cc([S+](C)[O-])c2oc3ccc(C(=O)O)cc3c(=O)c2c1. The van der Waals surface area contributed by atoms with Crippen LogP contribution in [-0.4, -0.2) is 28.5 Å². The monoisotopic (exact) mass is 486 g/mol. The van der Waals surface area contributed by atoms with Gasteiger partial charge in [0, 0.05) is 6.07 Å². The Balaban J connectivity index is 1.66. The van der Waals surface area contributed by atoms with Gasteiger partial charge in [-0.1, -0.05) is 64.7 Å². The number of ether oxygens (including phenoxy) is 1. The molecule has 0 spiro atoms. The molecular weight excluding hydrogens is 452 g/mol. The largest absolute Gasteiger partial charge is 0.612 e. The van der Waals surface area contributed by atoms with Crippen LogP contribution in [0.4, 0.5) is 0 Å². The van der Waals surface area contributed by atoms with Gasteiger partial charge in [0.1, 0.15) is 17.6 Å². The molecule has 184 valence electrons. The lowest BCUT2D eigenvalue weighted by Crippen LogP contribution is -2.08. The van der Waals surface area contributed by atoms with Crippen molar-refractivity contribution in [1.29, 1.82) is 0 Å². The van der Waals surface area contributed by atoms with Gasteiger partial charge in [0.25, 0.3) is 0 Å². The lowest BCUT2D eigenvalue weighted by Gasteiger charge is -2.12. The lowest BCUT2D eigenvalue weighted by molar-refractivity contribution is 0.0697. The third kappa shape index (κ3) is 6.76. The summed E-state index contributed by atoms with van der Waals surface area (Å²) in [6.07, 6.45) is 13.8. The Kier molecular flexibility index (Phi) is 9.84. The summed E-state index contributed by atoms with van der Waals surface area (Å²) in [5, 5.41) is 9.66. The highest BCUT2D eigenvalue weighted by molar-refractivity contribution is 7.91. The van der Waals surface area contributed by atoms with Gasteiger partial charge in [-0.15, -0.1) is 0 Å². The molecular formula is C27H34O6S. The maximum Gasteiger partial charge on any atom is 0.335 e. The first-order valence-electron chi connectivity index (χ1n) is 12.2. The zero-order valence-electron chi connectivity index (χ0n) is 20.1. The lowest BCUT2D eigenvalue weighted by atomic mass is 10.1. The van der Waals surface area contributed by atoms with Crippen LogP contribution in [-0.2, 0) is 11.2 Å². The number of fused-ring (bicyclic) bond motifs is 2. The summed E-state index contributed by atoms with van der Waals surface area (Å²) >= 11 is -1.40. The molecule has 6 nitrogen and oxygen atoms in total. The number of benzene rings is 2. The van der Waals surface area contributed by atoms with Crippen LogP contribution in [0.5, 0.6) is 5.75 Å². The summed E-state index contributed by atoms with van der Waals surface area (Å²) in [5.74, 6) is -0.653. The van der Waals surface area contributed by atoms with Gasteiger partial charge in [-0.3, -0.25) is 4.79 Å². The van der Waals surface area contributed by atoms with Gasteiger partial charge in [-0.05, 0) is 41.9 Å². The molecule has 3 rings (SSSR count). The third-order valence-corrected chi connectivity index (χ3v) is 6.96. The molecule has 0 aliphatic heterocycles. The van der Waals surface area contributed by atoms with E-state index in [0.717, 1.165) is 12.8 Å². The van der Waals surface area contributed by atoms with Crippen LogP contribution in [0.2, 0.25) is 0 Å². The van der Waals surface area contributed by atoms with Crippen LogP contribution in [0, 0.1) is 0 Å². The minimum Gasteiger partial charge on any atom is -0.612 e. The Morgan fingerprint density at radius 1 is 0.971 bits per heavy atom. The van der Waals surface area contributed by atoms with Crippen molar-refractivity contribution in [3.63, 3.8) is 0 Å². The molecule has 34 heavy (non-hydrogen) atoms. The van der Waals surface area contributed by atoms with E-state index in [1.54, 1.807) is 12.1 Å². The van der Waals surface area contributed by atoms with E-state index in [9.17, 15) is 19.2 Å². The summed E-state index contributed by atoms with van der Waals surface area (Å²) in [6.45, 7) is 2.75. The van der Waals surface area contributed by atoms with Gasteiger partial charge in [-0.2, -0.15) is 0 Å². The number of aromatic carboxylic acids is 1. The van der Waals surface area contributed by atoms with Crippen molar-refractivity contribution >= 4 is 39.1 Å². The number of hydrogen-bond acceptors (Lipinski definition) is 5. The van der Waals surface area contributed by atoms with Crippen LogP contribution in [0.25, 0.3) is 21.9 Å². The Labute approximate surface area is 203 Å². The second-order valence-corrected chi connectivity index (χ2v) is 10.1. The summed E-state index contributed by atoms with van der Waals surface area (Å²) in [5.41, 5.74) is 0.142. The van der Waals surface area contributed by atoms with Crippen LogP contribution >= 0.6 is 0 Å². The van der Waals surface area contributed by atoms with Crippen LogP contribution in [0.1, 0.15) is 81.5 Å². The summed E-state index contributed by atoms with van der Waals surface area (Å²) in [6, 6.07) is 7.41. The highest BCUT2D eigenvalue weighted by Crippen LogP contribution is 2.30. The van der Waals surface area contributed by atoms with E-state index in [4.69, 9.17) is 9.15 Å². The summed E-state index contributed by atoms with van der Waals surface area (Å²) in [4.78, 5) is 24.8. The van der Waals surface area contributed by atoms with Crippen LogP contribution < -0.4 is 10.2 Å². The number of unbranched alkanes of at least 4 members (excludes halogenated alkanes) is 9. The minimum atomic E-state index is -1.40. The zero-order valence-corrected chi connectivity index (χ0v) is 20.9. The normalized spacial score (nSPS) is 12.3. The second kappa shape index (κ2) is 12.8. The fraction of sp³-hybridized carbons (Fsp3) is 0.481. The highest BCUT2D eigenvalue weighted by Gasteiger charge is 2.20. The topological polar surface area (TPSA) is 99.8 Å². The van der Waals surface area contributed by atoms with E-state index in [0.29, 0.717) is 17.3 Å². The molecule has 7 heteroatoms. The van der Waals surface area contributed by atoms with Gasteiger partial charge >= 0.3 is 5.97 Å². The summed E-state index contributed by atoms with van der Waals surface area (Å²) in [7, 11) is 0. The molecule has 1 atom stereocenters. The maximum atomic E-state index is 13.1. The average molecular weight is 487 g/mol. The van der Waals surface area contributed by atoms with Crippen molar-refractivity contribution in [1.82, 2.24) is 0 Å². The van der Waals surface area contributed by atoms with Gasteiger partial charge in [0.05, 0.1) is 22.9 Å². The average Bonchev–Trinajstić information content (AvgIpc) is 2.82. The van der Waals surface area contributed by atoms with E-state index in [1.807, 2.05) is 0 Å². The van der Waals surface area contributed by atoms with Crippen molar-refractivity contribution < 1.29 is 23.6 Å². The Bertz CT molecular complexity index is 1170. The molecule has 1 N–H and O–H groups in total. The quantitative estimate of drug-likeness (QED) is 0.155. The predicted molar refractivity (Wildman–Crippen MR) is 137 cm³/mol. The van der Waals surface area contributed by atoms with E-state index in [-0.39, 0.29) is 32.9 Å². The first-order valence-corrected chi connectivity index (χ1v) is 13.7. The van der Waals surface area contributed by atoms with E-state index in [1.165, 1.54) is 75.8 Å². The second-order valence-electron chi connectivity index (χ2n) is 8.73. The molecule has 1 aromatic heterocycles. The van der Waals surface area contributed by atoms with E-state index in [2.05, 4.69) is 6.92 Å². The minimum absolute atomic E-state index is 0.00630. The van der Waals surface area contributed by atoms with Crippen molar-refractivity contribution in [2.45, 2.75) is 76.0 Å². The van der Waals surface area contributed by atoms with E-state index < -0.39 is 17.1 Å². The molecule has 2 aromatic carbocycles.